The molecule has 0 saturated carbocycles. The highest BCUT2D eigenvalue weighted by atomic mass is 16.2. The molecule has 0 unspecified atom stereocenters. The first kappa shape index (κ1) is 18.7. The van der Waals surface area contributed by atoms with Crippen molar-refractivity contribution in [2.45, 2.75) is 33.0 Å². The molecule has 0 spiro atoms. The summed E-state index contributed by atoms with van der Waals surface area (Å²) in [5.74, 6) is 0.586. The van der Waals surface area contributed by atoms with Gasteiger partial charge >= 0.3 is 5.69 Å². The number of aromatic nitrogens is 5. The minimum atomic E-state index is -0.109. The van der Waals surface area contributed by atoms with E-state index < -0.39 is 0 Å². The maximum absolute atomic E-state index is 12.6. The minimum Gasteiger partial charge on any atom is -0.352 e. The van der Waals surface area contributed by atoms with Crippen LogP contribution in [0.2, 0.25) is 0 Å². The lowest BCUT2D eigenvalue weighted by molar-refractivity contribution is -0.121. The van der Waals surface area contributed by atoms with Crippen LogP contribution in [0.25, 0.3) is 16.9 Å². The van der Waals surface area contributed by atoms with Crippen molar-refractivity contribution in [3.63, 3.8) is 0 Å². The molecule has 8 nitrogen and oxygen atoms in total. The van der Waals surface area contributed by atoms with Gasteiger partial charge in [0.15, 0.2) is 5.82 Å². The summed E-state index contributed by atoms with van der Waals surface area (Å²) in [7, 11) is 0. The molecule has 0 bridgehead atoms. The van der Waals surface area contributed by atoms with Gasteiger partial charge in [0.2, 0.25) is 5.91 Å². The Hall–Kier alpha value is -3.68. The number of hydrogen-bond donors (Lipinski definition) is 1. The van der Waals surface area contributed by atoms with E-state index in [1.807, 2.05) is 55.6 Å². The predicted molar refractivity (Wildman–Crippen MR) is 110 cm³/mol. The van der Waals surface area contributed by atoms with Crippen molar-refractivity contribution in [1.29, 1.82) is 0 Å². The maximum atomic E-state index is 12.6. The molecular formula is C21H22N6O2. The molecule has 0 saturated heterocycles. The van der Waals surface area contributed by atoms with Gasteiger partial charge in [0.05, 0.1) is 11.0 Å². The lowest BCUT2D eigenvalue weighted by Gasteiger charge is -2.08. The second-order valence-electron chi connectivity index (χ2n) is 6.67. The van der Waals surface area contributed by atoms with Crippen molar-refractivity contribution in [3.8, 4) is 5.82 Å². The molecule has 4 rings (SSSR count). The third kappa shape index (κ3) is 3.82. The Morgan fingerprint density at radius 1 is 1.07 bits per heavy atom. The number of rotatable bonds is 7. The van der Waals surface area contributed by atoms with Crippen LogP contribution in [0.15, 0.2) is 65.8 Å². The van der Waals surface area contributed by atoms with Crippen LogP contribution in [-0.4, -0.2) is 29.8 Å². The normalized spacial score (nSPS) is 11.1. The first-order chi connectivity index (χ1) is 14.2. The van der Waals surface area contributed by atoms with Crippen molar-refractivity contribution in [2.24, 2.45) is 0 Å². The molecular weight excluding hydrogens is 368 g/mol. The lowest BCUT2D eigenvalue weighted by atomic mass is 10.2. The number of nitrogens with one attached hydrogen (secondary N) is 1. The molecule has 8 heteroatoms. The molecule has 29 heavy (non-hydrogen) atoms. The Balaban J connectivity index is 1.40. The summed E-state index contributed by atoms with van der Waals surface area (Å²) < 4.78 is 5.06. The molecule has 3 aromatic heterocycles. The Morgan fingerprint density at radius 2 is 1.86 bits per heavy atom. The largest absolute Gasteiger partial charge is 0.352 e. The average Bonchev–Trinajstić information content (AvgIpc) is 3.37. The number of aryl methyl sites for hydroxylation is 2. The van der Waals surface area contributed by atoms with Crippen LogP contribution in [0.3, 0.4) is 0 Å². The molecule has 0 fully saturated rings. The van der Waals surface area contributed by atoms with E-state index in [1.165, 1.54) is 0 Å². The molecule has 4 aromatic rings. The third-order valence-corrected chi connectivity index (χ3v) is 4.84. The smallest absolute Gasteiger partial charge is 0.329 e. The summed E-state index contributed by atoms with van der Waals surface area (Å²) in [6.45, 7) is 3.27. The number of carbonyl (C=O) groups excluding carboxylic acids is 1. The van der Waals surface area contributed by atoms with Crippen LogP contribution in [-0.2, 0) is 24.4 Å². The molecule has 1 amide bonds. The van der Waals surface area contributed by atoms with Crippen molar-refractivity contribution in [1.82, 2.24) is 29.2 Å². The molecule has 0 radical (unpaired) electrons. The number of hydrogen-bond acceptors (Lipinski definition) is 4. The standard InChI is InChI=1S/C21H22N6O2/c1-2-25-17-6-3-4-7-18(17)26(21(25)29)13-9-20(28)23-15-16-8-11-22-19(14-16)27-12-5-10-24-27/h3-8,10-12,14H,2,9,13,15H2,1H3,(H,23,28). The third-order valence-electron chi connectivity index (χ3n) is 4.84. The zero-order chi connectivity index (χ0) is 20.2. The summed E-state index contributed by atoms with van der Waals surface area (Å²) in [5.41, 5.74) is 2.59. The SMILES string of the molecule is CCn1c(=O)n(CCC(=O)NCc2ccnc(-n3cccn3)c2)c2ccccc21. The summed E-state index contributed by atoms with van der Waals surface area (Å²) in [4.78, 5) is 29.3. The monoisotopic (exact) mass is 390 g/mol. The molecule has 0 atom stereocenters. The van der Waals surface area contributed by atoms with Gasteiger partial charge in [-0.05, 0) is 42.8 Å². The summed E-state index contributed by atoms with van der Waals surface area (Å²) in [6, 6.07) is 13.2. The molecule has 148 valence electrons. The van der Waals surface area contributed by atoms with E-state index >= 15 is 0 Å². The van der Waals surface area contributed by atoms with Gasteiger partial charge in [0.25, 0.3) is 0 Å². The number of benzene rings is 1. The fraction of sp³-hybridized carbons (Fsp3) is 0.238. The van der Waals surface area contributed by atoms with E-state index in [0.717, 1.165) is 16.6 Å². The summed E-state index contributed by atoms with van der Waals surface area (Å²) >= 11 is 0. The fourth-order valence-corrected chi connectivity index (χ4v) is 3.40. The molecule has 0 aliphatic rings. The maximum Gasteiger partial charge on any atom is 0.329 e. The van der Waals surface area contributed by atoms with Gasteiger partial charge in [-0.2, -0.15) is 5.10 Å². The Bertz CT molecular complexity index is 1190. The first-order valence-electron chi connectivity index (χ1n) is 9.57. The van der Waals surface area contributed by atoms with Gasteiger partial charge in [0.1, 0.15) is 0 Å². The van der Waals surface area contributed by atoms with Crippen molar-refractivity contribution in [3.05, 3.63) is 77.1 Å². The van der Waals surface area contributed by atoms with Gasteiger partial charge < -0.3 is 5.32 Å². The Morgan fingerprint density at radius 3 is 2.59 bits per heavy atom. The Kier molecular flexibility index (Phi) is 5.24. The molecule has 0 aliphatic carbocycles. The second-order valence-corrected chi connectivity index (χ2v) is 6.67. The van der Waals surface area contributed by atoms with Gasteiger partial charge in [-0.25, -0.2) is 14.5 Å². The van der Waals surface area contributed by atoms with Crippen LogP contribution in [0.5, 0.6) is 0 Å². The number of fused-ring (bicyclic) bond motifs is 1. The summed E-state index contributed by atoms with van der Waals surface area (Å²) in [6.07, 6.45) is 5.43. The van der Waals surface area contributed by atoms with Crippen molar-refractivity contribution >= 4 is 16.9 Å². The zero-order valence-corrected chi connectivity index (χ0v) is 16.2. The number of carbonyl (C=O) groups is 1. The molecule has 3 heterocycles. The van der Waals surface area contributed by atoms with Crippen LogP contribution < -0.4 is 11.0 Å². The van der Waals surface area contributed by atoms with Gasteiger partial charge in [-0.15, -0.1) is 0 Å². The second kappa shape index (κ2) is 8.14. The quantitative estimate of drug-likeness (QED) is 0.524. The fourth-order valence-electron chi connectivity index (χ4n) is 3.40. The highest BCUT2D eigenvalue weighted by Gasteiger charge is 2.12. The van der Waals surface area contributed by atoms with Crippen molar-refractivity contribution in [2.75, 3.05) is 0 Å². The first-order valence-corrected chi connectivity index (χ1v) is 9.57. The van der Waals surface area contributed by atoms with E-state index in [9.17, 15) is 9.59 Å². The highest BCUT2D eigenvalue weighted by molar-refractivity contribution is 5.78. The predicted octanol–water partition coefficient (Wildman–Crippen LogP) is 2.11. The van der Waals surface area contributed by atoms with E-state index in [-0.39, 0.29) is 18.0 Å². The van der Waals surface area contributed by atoms with Crippen molar-refractivity contribution < 1.29 is 4.79 Å². The number of imidazole rings is 1. The minimum absolute atomic E-state index is 0.0838. The van der Waals surface area contributed by atoms with E-state index in [2.05, 4.69) is 15.4 Å². The molecule has 0 aliphatic heterocycles. The lowest BCUT2D eigenvalue weighted by Crippen LogP contribution is -2.28. The average molecular weight is 390 g/mol. The van der Waals surface area contributed by atoms with Gasteiger partial charge in [-0.1, -0.05) is 12.1 Å². The topological polar surface area (TPSA) is 86.7 Å². The van der Waals surface area contributed by atoms with E-state index in [4.69, 9.17) is 0 Å². The van der Waals surface area contributed by atoms with Gasteiger partial charge in [-0.3, -0.25) is 13.9 Å². The molecule has 1 aromatic carbocycles. The van der Waals surface area contributed by atoms with Crippen LogP contribution >= 0.6 is 0 Å². The molecule has 1 N–H and O–H groups in total. The van der Waals surface area contributed by atoms with E-state index in [0.29, 0.717) is 25.5 Å². The number of nitrogens with zero attached hydrogens (tertiary/aromatic N) is 5. The zero-order valence-electron chi connectivity index (χ0n) is 16.2. The number of pyridine rings is 1. The van der Waals surface area contributed by atoms with Crippen LogP contribution in [0, 0.1) is 0 Å². The van der Waals surface area contributed by atoms with Crippen LogP contribution in [0.1, 0.15) is 18.9 Å². The number of amides is 1. The number of para-hydroxylation sites is 2. The van der Waals surface area contributed by atoms with Crippen LogP contribution in [0.4, 0.5) is 0 Å². The van der Waals surface area contributed by atoms with Gasteiger partial charge in [0, 0.05) is 44.6 Å². The van der Waals surface area contributed by atoms with E-state index in [1.54, 1.807) is 26.2 Å². The summed E-state index contributed by atoms with van der Waals surface area (Å²) in [5, 5.41) is 7.07. The highest BCUT2D eigenvalue weighted by Crippen LogP contribution is 2.13. The Labute approximate surface area is 167 Å².